The number of hydrogen-bond acceptors (Lipinski definition) is 2. The van der Waals surface area contributed by atoms with Crippen molar-refractivity contribution in [2.45, 2.75) is 45.6 Å². The van der Waals surface area contributed by atoms with E-state index in [1.165, 1.54) is 12.8 Å². The molecule has 2 N–H and O–H groups in total. The molecule has 21 heavy (non-hydrogen) atoms. The van der Waals surface area contributed by atoms with Crippen molar-refractivity contribution in [1.82, 2.24) is 4.90 Å². The minimum absolute atomic E-state index is 0.137. The summed E-state index contributed by atoms with van der Waals surface area (Å²) in [6.45, 7) is 5.32. The summed E-state index contributed by atoms with van der Waals surface area (Å²) in [4.78, 5) is 14.9. The highest BCUT2D eigenvalue weighted by Crippen LogP contribution is 2.21. The number of nitrogens with two attached hydrogens (primary N) is 1. The van der Waals surface area contributed by atoms with Crippen LogP contribution in [0.3, 0.4) is 0 Å². The van der Waals surface area contributed by atoms with Gasteiger partial charge < -0.3 is 10.6 Å². The second kappa shape index (κ2) is 7.28. The molecule has 3 heteroatoms. The molecular weight excluding hydrogens is 260 g/mol. The highest BCUT2D eigenvalue weighted by atomic mass is 16.2. The van der Waals surface area contributed by atoms with E-state index in [4.69, 9.17) is 5.73 Å². The highest BCUT2D eigenvalue weighted by Gasteiger charge is 2.24. The molecule has 1 saturated heterocycles. The molecule has 0 spiro atoms. The fraction of sp³-hybridized carbons (Fsp3) is 0.500. The molecule has 3 nitrogen and oxygen atoms in total. The van der Waals surface area contributed by atoms with Crippen LogP contribution in [0.1, 0.15) is 54.1 Å². The van der Waals surface area contributed by atoms with Crippen LogP contribution >= 0.6 is 0 Å². The van der Waals surface area contributed by atoms with Gasteiger partial charge in [0.05, 0.1) is 6.54 Å². The third kappa shape index (κ3) is 3.86. The fourth-order valence-corrected chi connectivity index (χ4v) is 2.81. The number of hydrogen-bond donors (Lipinski definition) is 1. The van der Waals surface area contributed by atoms with Gasteiger partial charge in [0.25, 0.3) is 5.91 Å². The van der Waals surface area contributed by atoms with Crippen molar-refractivity contribution >= 4 is 5.91 Å². The Morgan fingerprint density at radius 3 is 2.95 bits per heavy atom. The maximum Gasteiger partial charge on any atom is 0.254 e. The van der Waals surface area contributed by atoms with E-state index in [2.05, 4.69) is 18.8 Å². The van der Waals surface area contributed by atoms with Crippen molar-refractivity contribution in [3.63, 3.8) is 0 Å². The van der Waals surface area contributed by atoms with Crippen LogP contribution in [0.25, 0.3) is 0 Å². The maximum atomic E-state index is 12.9. The van der Waals surface area contributed by atoms with Crippen molar-refractivity contribution in [2.75, 3.05) is 13.1 Å². The van der Waals surface area contributed by atoms with Crippen LogP contribution in [0, 0.1) is 18.8 Å². The minimum Gasteiger partial charge on any atom is -0.336 e. The molecule has 1 fully saturated rings. The molecule has 1 aliphatic rings. The summed E-state index contributed by atoms with van der Waals surface area (Å²) >= 11 is 0. The van der Waals surface area contributed by atoms with Gasteiger partial charge in [-0.1, -0.05) is 30.7 Å². The first-order valence-electron chi connectivity index (χ1n) is 7.74. The van der Waals surface area contributed by atoms with Crippen LogP contribution in [0.15, 0.2) is 18.2 Å². The average molecular weight is 284 g/mol. The zero-order valence-electron chi connectivity index (χ0n) is 13.0. The Balaban J connectivity index is 2.28. The van der Waals surface area contributed by atoms with Crippen LogP contribution in [0.5, 0.6) is 0 Å². The van der Waals surface area contributed by atoms with Crippen molar-refractivity contribution in [1.29, 1.82) is 0 Å². The van der Waals surface area contributed by atoms with E-state index in [1.54, 1.807) is 0 Å². The predicted octanol–water partition coefficient (Wildman–Crippen LogP) is 2.71. The average Bonchev–Trinajstić information content (AvgIpc) is 2.70. The van der Waals surface area contributed by atoms with Crippen molar-refractivity contribution in [2.24, 2.45) is 5.73 Å². The lowest BCUT2D eigenvalue weighted by molar-refractivity contribution is 0.0697. The van der Waals surface area contributed by atoms with Crippen LogP contribution in [-0.2, 0) is 0 Å². The van der Waals surface area contributed by atoms with Gasteiger partial charge in [-0.2, -0.15) is 0 Å². The molecule has 0 saturated carbocycles. The number of rotatable bonds is 1. The molecular formula is C18H24N2O. The standard InChI is InChI=1S/C18H24N2O/c1-14-9-10-16(8-6-11-19)13-17(14)18(21)20-12-5-3-4-7-15(20)2/h9-10,13,15H,3-5,7,11-12,19H2,1-2H3. The van der Waals surface area contributed by atoms with Crippen LogP contribution in [-0.4, -0.2) is 29.9 Å². The number of amides is 1. The largest absolute Gasteiger partial charge is 0.336 e. The zero-order chi connectivity index (χ0) is 15.2. The van der Waals surface area contributed by atoms with E-state index in [9.17, 15) is 4.79 Å². The van der Waals surface area contributed by atoms with Crippen LogP contribution < -0.4 is 5.73 Å². The van der Waals surface area contributed by atoms with Crippen molar-refractivity contribution in [3.8, 4) is 11.8 Å². The Bertz CT molecular complexity index is 568. The van der Waals surface area contributed by atoms with Gasteiger partial charge in [0.1, 0.15) is 0 Å². The van der Waals surface area contributed by atoms with E-state index in [-0.39, 0.29) is 5.91 Å². The Hall–Kier alpha value is -1.79. The van der Waals surface area contributed by atoms with E-state index < -0.39 is 0 Å². The molecule has 1 aromatic rings. The Morgan fingerprint density at radius 2 is 2.19 bits per heavy atom. The molecule has 1 aromatic carbocycles. The molecule has 1 heterocycles. The molecule has 0 bridgehead atoms. The molecule has 0 aromatic heterocycles. The second-order valence-electron chi connectivity index (χ2n) is 5.73. The molecule has 1 atom stereocenters. The minimum atomic E-state index is 0.137. The fourth-order valence-electron chi connectivity index (χ4n) is 2.81. The van der Waals surface area contributed by atoms with Crippen LogP contribution in [0.4, 0.5) is 0 Å². The van der Waals surface area contributed by atoms with Gasteiger partial charge >= 0.3 is 0 Å². The van der Waals surface area contributed by atoms with E-state index in [0.717, 1.165) is 36.1 Å². The maximum absolute atomic E-state index is 12.9. The molecule has 112 valence electrons. The lowest BCUT2D eigenvalue weighted by atomic mass is 10.0. The van der Waals surface area contributed by atoms with Gasteiger partial charge in [-0.15, -0.1) is 0 Å². The first-order chi connectivity index (χ1) is 10.1. The summed E-state index contributed by atoms with van der Waals surface area (Å²) in [5.74, 6) is 5.99. The zero-order valence-corrected chi connectivity index (χ0v) is 13.0. The van der Waals surface area contributed by atoms with E-state index >= 15 is 0 Å². The van der Waals surface area contributed by atoms with Gasteiger partial charge in [-0.25, -0.2) is 0 Å². The van der Waals surface area contributed by atoms with E-state index in [1.807, 2.05) is 30.0 Å². The number of likely N-dealkylation sites (tertiary alicyclic amines) is 1. The summed E-state index contributed by atoms with van der Waals surface area (Å²) in [6.07, 6.45) is 4.63. The Kier molecular flexibility index (Phi) is 5.41. The van der Waals surface area contributed by atoms with Gasteiger partial charge in [0.2, 0.25) is 0 Å². The summed E-state index contributed by atoms with van der Waals surface area (Å²) in [6, 6.07) is 6.13. The highest BCUT2D eigenvalue weighted by molar-refractivity contribution is 5.96. The third-order valence-electron chi connectivity index (χ3n) is 4.12. The number of nitrogens with zero attached hydrogens (tertiary/aromatic N) is 1. The van der Waals surface area contributed by atoms with Gasteiger partial charge in [0, 0.05) is 23.7 Å². The van der Waals surface area contributed by atoms with Crippen molar-refractivity contribution < 1.29 is 4.79 Å². The lowest BCUT2D eigenvalue weighted by Gasteiger charge is -2.28. The summed E-state index contributed by atoms with van der Waals surface area (Å²) in [5, 5.41) is 0. The molecule has 0 radical (unpaired) electrons. The second-order valence-corrected chi connectivity index (χ2v) is 5.73. The quantitative estimate of drug-likeness (QED) is 0.806. The molecule has 2 rings (SSSR count). The smallest absolute Gasteiger partial charge is 0.254 e. The number of carbonyl (C=O) groups is 1. The summed E-state index contributed by atoms with van der Waals surface area (Å²) in [7, 11) is 0. The van der Waals surface area contributed by atoms with Gasteiger partial charge in [-0.3, -0.25) is 4.79 Å². The van der Waals surface area contributed by atoms with Gasteiger partial charge in [-0.05, 0) is 44.4 Å². The summed E-state index contributed by atoms with van der Waals surface area (Å²) < 4.78 is 0. The predicted molar refractivity (Wildman–Crippen MR) is 86.1 cm³/mol. The number of carbonyl (C=O) groups excluding carboxylic acids is 1. The molecule has 1 aliphatic heterocycles. The monoisotopic (exact) mass is 284 g/mol. The normalized spacial score (nSPS) is 18.6. The number of benzene rings is 1. The molecule has 0 aliphatic carbocycles. The first-order valence-corrected chi connectivity index (χ1v) is 7.74. The third-order valence-corrected chi connectivity index (χ3v) is 4.12. The summed E-state index contributed by atoms with van der Waals surface area (Å²) in [5.41, 5.74) is 8.05. The van der Waals surface area contributed by atoms with Crippen molar-refractivity contribution in [3.05, 3.63) is 34.9 Å². The molecule has 1 unspecified atom stereocenters. The lowest BCUT2D eigenvalue weighted by Crippen LogP contribution is -2.38. The molecule has 1 amide bonds. The number of aryl methyl sites for hydroxylation is 1. The Labute approximate surface area is 127 Å². The van der Waals surface area contributed by atoms with Gasteiger partial charge in [0.15, 0.2) is 0 Å². The first kappa shape index (κ1) is 15.6. The SMILES string of the molecule is Cc1ccc(C#CCN)cc1C(=O)N1CCCCCC1C. The topological polar surface area (TPSA) is 46.3 Å². The van der Waals surface area contributed by atoms with Crippen LogP contribution in [0.2, 0.25) is 0 Å². The Morgan fingerprint density at radius 1 is 1.38 bits per heavy atom. The van der Waals surface area contributed by atoms with E-state index in [0.29, 0.717) is 12.6 Å².